The van der Waals surface area contributed by atoms with Crippen LogP contribution in [-0.4, -0.2) is 44.5 Å². The Kier molecular flexibility index (Phi) is 7.10. The van der Waals surface area contributed by atoms with Crippen molar-refractivity contribution < 1.29 is 19.4 Å². The zero-order chi connectivity index (χ0) is 14.1. The number of aliphatic hydroxyl groups is 1. The molecule has 0 fully saturated rings. The molecule has 0 aromatic heterocycles. The normalized spacial score (nSPS) is 13.8. The van der Waals surface area contributed by atoms with Gasteiger partial charge >= 0.3 is 0 Å². The molecule has 1 amide bonds. The van der Waals surface area contributed by atoms with Crippen LogP contribution in [0.15, 0.2) is 30.3 Å². The van der Waals surface area contributed by atoms with Gasteiger partial charge in [0.1, 0.15) is 0 Å². The van der Waals surface area contributed by atoms with Crippen molar-refractivity contribution in [2.75, 3.05) is 27.4 Å². The predicted molar refractivity (Wildman–Crippen MR) is 71.7 cm³/mol. The molecule has 2 atom stereocenters. The van der Waals surface area contributed by atoms with Gasteiger partial charge in [0.05, 0.1) is 12.6 Å². The van der Waals surface area contributed by atoms with E-state index in [1.54, 1.807) is 7.11 Å². The topological polar surface area (TPSA) is 67.8 Å². The van der Waals surface area contributed by atoms with Gasteiger partial charge in [0, 0.05) is 20.8 Å². The van der Waals surface area contributed by atoms with Gasteiger partial charge in [0.2, 0.25) is 0 Å². The van der Waals surface area contributed by atoms with Crippen molar-refractivity contribution in [2.45, 2.75) is 18.6 Å². The molecule has 1 rings (SSSR count). The van der Waals surface area contributed by atoms with Crippen molar-refractivity contribution in [2.24, 2.45) is 0 Å². The molecule has 0 aliphatic rings. The summed E-state index contributed by atoms with van der Waals surface area (Å²) in [6.45, 7) is 0.356. The van der Waals surface area contributed by atoms with E-state index in [1.165, 1.54) is 7.11 Å². The van der Waals surface area contributed by atoms with Gasteiger partial charge in [0.15, 0.2) is 6.10 Å². The smallest absolute Gasteiger partial charge is 0.254 e. The largest absolute Gasteiger partial charge is 0.396 e. The number of aliphatic hydroxyl groups excluding tert-OH is 1. The third-order valence-electron chi connectivity index (χ3n) is 2.77. The molecular weight excluding hydrogens is 246 g/mol. The van der Waals surface area contributed by atoms with Crippen LogP contribution in [0.4, 0.5) is 0 Å². The molecule has 19 heavy (non-hydrogen) atoms. The fraction of sp³-hybridized carbons (Fsp3) is 0.500. The number of carbonyl (C=O) groups excluding carboxylic acids is 1. The molecule has 0 spiro atoms. The molecule has 2 N–H and O–H groups in total. The predicted octanol–water partition coefficient (Wildman–Crippen LogP) is 0.888. The lowest BCUT2D eigenvalue weighted by molar-refractivity contribution is -0.132. The van der Waals surface area contributed by atoms with Gasteiger partial charge in [-0.05, 0) is 12.0 Å². The van der Waals surface area contributed by atoms with Crippen LogP contribution in [0.1, 0.15) is 18.1 Å². The highest BCUT2D eigenvalue weighted by atomic mass is 16.5. The highest BCUT2D eigenvalue weighted by Gasteiger charge is 2.22. The van der Waals surface area contributed by atoms with E-state index in [4.69, 9.17) is 14.6 Å². The van der Waals surface area contributed by atoms with E-state index in [2.05, 4.69) is 5.32 Å². The Morgan fingerprint density at radius 3 is 2.53 bits per heavy atom. The molecule has 5 heteroatoms. The monoisotopic (exact) mass is 267 g/mol. The first kappa shape index (κ1) is 15.6. The molecule has 2 unspecified atom stereocenters. The lowest BCUT2D eigenvalue weighted by Gasteiger charge is -2.21. The Hall–Kier alpha value is -1.43. The Labute approximate surface area is 113 Å². The van der Waals surface area contributed by atoms with Gasteiger partial charge in [-0.3, -0.25) is 4.79 Å². The number of methoxy groups -OCH3 is 2. The van der Waals surface area contributed by atoms with Crippen LogP contribution in [0.5, 0.6) is 0 Å². The van der Waals surface area contributed by atoms with Crippen molar-refractivity contribution in [3.05, 3.63) is 35.9 Å². The Balaban J connectivity index is 2.68. The molecule has 0 aliphatic heterocycles. The van der Waals surface area contributed by atoms with E-state index in [1.807, 2.05) is 30.3 Å². The summed E-state index contributed by atoms with van der Waals surface area (Å²) in [6, 6.07) is 9.05. The lowest BCUT2D eigenvalue weighted by Crippen LogP contribution is -2.41. The fourth-order valence-corrected chi connectivity index (χ4v) is 1.85. The van der Waals surface area contributed by atoms with Crippen molar-refractivity contribution in [1.29, 1.82) is 0 Å². The zero-order valence-electron chi connectivity index (χ0n) is 11.3. The fourth-order valence-electron chi connectivity index (χ4n) is 1.85. The van der Waals surface area contributed by atoms with Crippen molar-refractivity contribution >= 4 is 5.91 Å². The van der Waals surface area contributed by atoms with Crippen LogP contribution >= 0.6 is 0 Å². The number of benzene rings is 1. The zero-order valence-corrected chi connectivity index (χ0v) is 11.3. The second-order valence-electron chi connectivity index (χ2n) is 4.20. The van der Waals surface area contributed by atoms with Gasteiger partial charge in [-0.25, -0.2) is 0 Å². The number of carbonyl (C=O) groups is 1. The molecular formula is C14H21NO4. The number of nitrogens with one attached hydrogen (secondary N) is 1. The number of amides is 1. The standard InChI is InChI=1S/C14H21NO4/c1-18-10-12(8-9-16)15-14(17)13(19-2)11-6-4-3-5-7-11/h3-7,12-13,16H,8-10H2,1-2H3,(H,15,17). The van der Waals surface area contributed by atoms with Crippen LogP contribution in [-0.2, 0) is 14.3 Å². The van der Waals surface area contributed by atoms with Gasteiger partial charge in [-0.2, -0.15) is 0 Å². The summed E-state index contributed by atoms with van der Waals surface area (Å²) in [7, 11) is 3.05. The molecule has 0 bridgehead atoms. The molecule has 1 aromatic rings. The number of hydrogen-bond acceptors (Lipinski definition) is 4. The molecule has 0 aliphatic carbocycles. The minimum Gasteiger partial charge on any atom is -0.396 e. The summed E-state index contributed by atoms with van der Waals surface area (Å²) in [5.41, 5.74) is 0.794. The molecule has 0 radical (unpaired) electrons. The molecule has 0 saturated heterocycles. The first-order valence-corrected chi connectivity index (χ1v) is 6.20. The highest BCUT2D eigenvalue weighted by molar-refractivity contribution is 5.82. The SMILES string of the molecule is COCC(CCO)NC(=O)C(OC)c1ccccc1. The summed E-state index contributed by atoms with van der Waals surface area (Å²) in [4.78, 5) is 12.2. The third kappa shape index (κ3) is 4.98. The summed E-state index contributed by atoms with van der Waals surface area (Å²) < 4.78 is 10.2. The van der Waals surface area contributed by atoms with E-state index >= 15 is 0 Å². The van der Waals surface area contributed by atoms with Crippen LogP contribution in [0.3, 0.4) is 0 Å². The average Bonchev–Trinajstić information content (AvgIpc) is 2.41. The van der Waals surface area contributed by atoms with Crippen LogP contribution < -0.4 is 5.32 Å². The number of rotatable bonds is 8. The van der Waals surface area contributed by atoms with Crippen LogP contribution in [0, 0.1) is 0 Å². The van der Waals surface area contributed by atoms with Crippen molar-refractivity contribution in [3.63, 3.8) is 0 Å². The summed E-state index contributed by atoms with van der Waals surface area (Å²) >= 11 is 0. The van der Waals surface area contributed by atoms with Gasteiger partial charge < -0.3 is 19.9 Å². The van der Waals surface area contributed by atoms with Crippen LogP contribution in [0.2, 0.25) is 0 Å². The minimum atomic E-state index is -0.653. The Morgan fingerprint density at radius 2 is 2.00 bits per heavy atom. The van der Waals surface area contributed by atoms with E-state index in [-0.39, 0.29) is 18.6 Å². The maximum atomic E-state index is 12.2. The first-order valence-electron chi connectivity index (χ1n) is 6.20. The lowest BCUT2D eigenvalue weighted by atomic mass is 10.1. The number of ether oxygens (including phenoxy) is 2. The maximum absolute atomic E-state index is 12.2. The second-order valence-corrected chi connectivity index (χ2v) is 4.20. The third-order valence-corrected chi connectivity index (χ3v) is 2.77. The molecule has 0 saturated carbocycles. The van der Waals surface area contributed by atoms with E-state index in [0.717, 1.165) is 5.56 Å². The average molecular weight is 267 g/mol. The highest BCUT2D eigenvalue weighted by Crippen LogP contribution is 2.16. The Bertz CT molecular complexity index is 363. The van der Waals surface area contributed by atoms with Crippen molar-refractivity contribution in [3.8, 4) is 0 Å². The van der Waals surface area contributed by atoms with Crippen LogP contribution in [0.25, 0.3) is 0 Å². The van der Waals surface area contributed by atoms with E-state index in [9.17, 15) is 4.79 Å². The quantitative estimate of drug-likeness (QED) is 0.734. The second kappa shape index (κ2) is 8.63. The molecule has 106 valence electrons. The first-order chi connectivity index (χ1) is 9.22. The van der Waals surface area contributed by atoms with E-state index in [0.29, 0.717) is 13.0 Å². The Morgan fingerprint density at radius 1 is 1.32 bits per heavy atom. The summed E-state index contributed by atoms with van der Waals surface area (Å²) in [6.07, 6.45) is -0.204. The molecule has 5 nitrogen and oxygen atoms in total. The maximum Gasteiger partial charge on any atom is 0.254 e. The molecule has 0 heterocycles. The summed E-state index contributed by atoms with van der Waals surface area (Å²) in [5.74, 6) is -0.232. The molecule has 1 aromatic carbocycles. The van der Waals surface area contributed by atoms with E-state index < -0.39 is 6.10 Å². The van der Waals surface area contributed by atoms with Gasteiger partial charge in [-0.15, -0.1) is 0 Å². The van der Waals surface area contributed by atoms with Gasteiger partial charge in [-0.1, -0.05) is 30.3 Å². The summed E-state index contributed by atoms with van der Waals surface area (Å²) in [5, 5.41) is 11.8. The number of hydrogen-bond donors (Lipinski definition) is 2. The van der Waals surface area contributed by atoms with Gasteiger partial charge in [0.25, 0.3) is 5.91 Å². The minimum absolute atomic E-state index is 0.00269. The van der Waals surface area contributed by atoms with Crippen molar-refractivity contribution in [1.82, 2.24) is 5.32 Å².